The summed E-state index contributed by atoms with van der Waals surface area (Å²) in [7, 11) is 0. The standard InChI is InChI=1S/C10H11FN4O/c1-7(8-3-2-4-9(11)5-8)15-10(6-16)12-13-14-15/h2-7,10H,1H3,(H,12,14). The van der Waals surface area contributed by atoms with Gasteiger partial charge in [0.15, 0.2) is 12.5 Å². The van der Waals surface area contributed by atoms with E-state index in [0.717, 1.165) is 5.56 Å². The molecular formula is C10H11FN4O. The van der Waals surface area contributed by atoms with Gasteiger partial charge in [-0.3, -0.25) is 4.79 Å². The van der Waals surface area contributed by atoms with Gasteiger partial charge in [0.25, 0.3) is 0 Å². The number of hydrogen-bond acceptors (Lipinski definition) is 5. The fourth-order valence-electron chi connectivity index (χ4n) is 1.59. The minimum Gasteiger partial charge on any atom is -0.299 e. The van der Waals surface area contributed by atoms with Gasteiger partial charge in [0.1, 0.15) is 5.82 Å². The second-order valence-corrected chi connectivity index (χ2v) is 3.50. The molecule has 0 bridgehead atoms. The Morgan fingerprint density at radius 3 is 3.12 bits per heavy atom. The summed E-state index contributed by atoms with van der Waals surface area (Å²) in [5, 5.41) is 8.80. The zero-order valence-electron chi connectivity index (χ0n) is 8.67. The second kappa shape index (κ2) is 4.36. The molecule has 84 valence electrons. The Morgan fingerprint density at radius 2 is 2.44 bits per heavy atom. The van der Waals surface area contributed by atoms with Gasteiger partial charge in [0.05, 0.1) is 6.04 Å². The highest BCUT2D eigenvalue weighted by molar-refractivity contribution is 5.57. The maximum atomic E-state index is 13.0. The third kappa shape index (κ3) is 1.92. The van der Waals surface area contributed by atoms with E-state index in [-0.39, 0.29) is 11.9 Å². The Bertz CT molecular complexity index is 423. The van der Waals surface area contributed by atoms with Gasteiger partial charge < -0.3 is 0 Å². The Morgan fingerprint density at radius 1 is 1.62 bits per heavy atom. The molecule has 0 aromatic heterocycles. The van der Waals surface area contributed by atoms with Crippen molar-refractivity contribution in [2.24, 2.45) is 10.3 Å². The molecule has 1 aliphatic rings. The zero-order valence-corrected chi connectivity index (χ0v) is 8.67. The molecule has 1 N–H and O–H groups in total. The first-order valence-electron chi connectivity index (χ1n) is 4.87. The van der Waals surface area contributed by atoms with Crippen LogP contribution in [0.25, 0.3) is 0 Å². The van der Waals surface area contributed by atoms with Crippen molar-refractivity contribution in [3.8, 4) is 0 Å². The summed E-state index contributed by atoms with van der Waals surface area (Å²) >= 11 is 0. The van der Waals surface area contributed by atoms with E-state index in [1.807, 2.05) is 6.92 Å². The molecule has 5 nitrogen and oxygen atoms in total. The highest BCUT2D eigenvalue weighted by Gasteiger charge is 2.27. The number of aldehydes is 1. The predicted molar refractivity (Wildman–Crippen MR) is 54.5 cm³/mol. The van der Waals surface area contributed by atoms with Gasteiger partial charge in [-0.25, -0.2) is 9.93 Å². The number of nitrogens with zero attached hydrogens (tertiary/aromatic N) is 3. The summed E-state index contributed by atoms with van der Waals surface area (Å²) in [5.74, 6) is -0.305. The molecule has 2 rings (SSSR count). The average Bonchev–Trinajstić information content (AvgIpc) is 2.76. The van der Waals surface area contributed by atoms with Crippen molar-refractivity contribution in [2.75, 3.05) is 0 Å². The molecule has 0 amide bonds. The number of nitrogens with one attached hydrogen (secondary N) is 1. The van der Waals surface area contributed by atoms with Crippen LogP contribution in [0.5, 0.6) is 0 Å². The molecule has 1 heterocycles. The van der Waals surface area contributed by atoms with E-state index in [1.165, 1.54) is 12.1 Å². The van der Waals surface area contributed by atoms with Crippen LogP contribution < -0.4 is 5.53 Å². The Kier molecular flexibility index (Phi) is 2.91. The van der Waals surface area contributed by atoms with Crippen molar-refractivity contribution in [1.29, 1.82) is 0 Å². The lowest BCUT2D eigenvalue weighted by atomic mass is 10.1. The number of benzene rings is 1. The lowest BCUT2D eigenvalue weighted by Crippen LogP contribution is -2.40. The molecule has 16 heavy (non-hydrogen) atoms. The fraction of sp³-hybridized carbons (Fsp3) is 0.300. The highest BCUT2D eigenvalue weighted by atomic mass is 19.1. The van der Waals surface area contributed by atoms with Gasteiger partial charge in [-0.15, -0.1) is 5.11 Å². The fourth-order valence-corrected chi connectivity index (χ4v) is 1.59. The summed E-state index contributed by atoms with van der Waals surface area (Å²) in [4.78, 5) is 10.7. The molecular weight excluding hydrogens is 211 g/mol. The van der Waals surface area contributed by atoms with Crippen molar-refractivity contribution in [1.82, 2.24) is 10.5 Å². The molecule has 1 aromatic carbocycles. The molecule has 1 aliphatic heterocycles. The number of carbonyl (C=O) groups excluding carboxylic acids is 1. The van der Waals surface area contributed by atoms with Gasteiger partial charge in [-0.1, -0.05) is 17.4 Å². The van der Waals surface area contributed by atoms with Crippen LogP contribution >= 0.6 is 0 Å². The Labute approximate surface area is 91.9 Å². The van der Waals surface area contributed by atoms with E-state index < -0.39 is 6.17 Å². The van der Waals surface area contributed by atoms with E-state index in [9.17, 15) is 9.18 Å². The largest absolute Gasteiger partial charge is 0.299 e. The van der Waals surface area contributed by atoms with Gasteiger partial charge in [0.2, 0.25) is 0 Å². The molecule has 0 saturated carbocycles. The second-order valence-electron chi connectivity index (χ2n) is 3.50. The Hall–Kier alpha value is -1.82. The van der Waals surface area contributed by atoms with Gasteiger partial charge in [0, 0.05) is 0 Å². The number of rotatable bonds is 3. The minimum absolute atomic E-state index is 0.194. The third-order valence-electron chi connectivity index (χ3n) is 2.49. The summed E-state index contributed by atoms with van der Waals surface area (Å²) in [6.07, 6.45) is 0.0255. The first-order valence-corrected chi connectivity index (χ1v) is 4.87. The van der Waals surface area contributed by atoms with Crippen LogP contribution in [0.15, 0.2) is 34.6 Å². The summed E-state index contributed by atoms with van der Waals surface area (Å²) < 4.78 is 13.0. The van der Waals surface area contributed by atoms with Crippen molar-refractivity contribution < 1.29 is 9.18 Å². The number of hydrazine groups is 1. The molecule has 0 aliphatic carbocycles. The molecule has 0 saturated heterocycles. The first-order chi connectivity index (χ1) is 7.72. The van der Waals surface area contributed by atoms with Crippen molar-refractivity contribution in [3.05, 3.63) is 35.6 Å². The number of hydrogen-bond donors (Lipinski definition) is 1. The van der Waals surface area contributed by atoms with Crippen LogP contribution in [0.2, 0.25) is 0 Å². The van der Waals surface area contributed by atoms with Crippen molar-refractivity contribution in [3.63, 3.8) is 0 Å². The lowest BCUT2D eigenvalue weighted by molar-refractivity contribution is -0.113. The topological polar surface area (TPSA) is 57.1 Å². The molecule has 0 radical (unpaired) electrons. The van der Waals surface area contributed by atoms with Crippen molar-refractivity contribution >= 4 is 6.29 Å². The normalized spacial score (nSPS) is 21.8. The Balaban J connectivity index is 2.19. The van der Waals surface area contributed by atoms with Crippen LogP contribution in [-0.4, -0.2) is 17.5 Å². The van der Waals surface area contributed by atoms with E-state index in [1.54, 1.807) is 17.1 Å². The van der Waals surface area contributed by atoms with Crippen LogP contribution in [-0.2, 0) is 4.79 Å². The summed E-state index contributed by atoms with van der Waals surface area (Å²) in [6, 6.07) is 6.02. The van der Waals surface area contributed by atoms with Crippen LogP contribution in [0, 0.1) is 5.82 Å². The maximum Gasteiger partial charge on any atom is 0.199 e. The molecule has 0 spiro atoms. The minimum atomic E-state index is -0.654. The average molecular weight is 222 g/mol. The summed E-state index contributed by atoms with van der Waals surface area (Å²) in [5.41, 5.74) is 3.37. The van der Waals surface area contributed by atoms with E-state index in [4.69, 9.17) is 0 Å². The van der Waals surface area contributed by atoms with Crippen LogP contribution in [0.3, 0.4) is 0 Å². The number of halogens is 1. The highest BCUT2D eigenvalue weighted by Crippen LogP contribution is 2.23. The molecule has 2 atom stereocenters. The molecule has 0 fully saturated rings. The molecule has 1 aromatic rings. The zero-order chi connectivity index (χ0) is 11.5. The predicted octanol–water partition coefficient (Wildman–Crippen LogP) is 1.60. The van der Waals surface area contributed by atoms with Crippen LogP contribution in [0.4, 0.5) is 4.39 Å². The monoisotopic (exact) mass is 222 g/mol. The first kappa shape index (κ1) is 10.7. The van der Waals surface area contributed by atoms with Crippen molar-refractivity contribution in [2.45, 2.75) is 19.1 Å². The molecule has 6 heteroatoms. The molecule has 2 unspecified atom stereocenters. The summed E-state index contributed by atoms with van der Waals surface area (Å²) in [6.45, 7) is 1.84. The smallest absolute Gasteiger partial charge is 0.199 e. The maximum absolute atomic E-state index is 13.0. The van der Waals surface area contributed by atoms with E-state index in [2.05, 4.69) is 15.9 Å². The van der Waals surface area contributed by atoms with E-state index in [0.29, 0.717) is 6.29 Å². The van der Waals surface area contributed by atoms with Gasteiger partial charge >= 0.3 is 0 Å². The third-order valence-corrected chi connectivity index (χ3v) is 2.49. The quantitative estimate of drug-likeness (QED) is 0.790. The van der Waals surface area contributed by atoms with E-state index >= 15 is 0 Å². The number of carbonyl (C=O) groups is 1. The van der Waals surface area contributed by atoms with Crippen LogP contribution in [0.1, 0.15) is 18.5 Å². The van der Waals surface area contributed by atoms with Gasteiger partial charge in [-0.2, -0.15) is 5.01 Å². The van der Waals surface area contributed by atoms with Gasteiger partial charge in [-0.05, 0) is 24.6 Å². The lowest BCUT2D eigenvalue weighted by Gasteiger charge is -2.24. The SMILES string of the molecule is CC(c1cccc(F)c1)N1NN=NC1C=O.